The Kier molecular flexibility index (Phi) is 4.80. The number of nitrogens with two attached hydrogens (primary N) is 1. The zero-order valence-corrected chi connectivity index (χ0v) is 9.80. The first-order valence-electron chi connectivity index (χ1n) is 4.40. The number of rotatable bonds is 5. The first-order chi connectivity index (χ1) is 7.69. The molecule has 1 rings (SSSR count). The lowest BCUT2D eigenvalue weighted by molar-refractivity contribution is -0.138. The number of aromatic nitrogens is 2. The lowest BCUT2D eigenvalue weighted by atomic mass is 10.5. The van der Waals surface area contributed by atoms with Crippen molar-refractivity contribution in [3.8, 4) is 0 Å². The van der Waals surface area contributed by atoms with Gasteiger partial charge >= 0.3 is 5.97 Å². The molecule has 0 fully saturated rings. The molecular formula is C8H13N5O2S. The first kappa shape index (κ1) is 12.5. The number of esters is 1. The number of nitrogen functional groups attached to an aromatic ring is 1. The zero-order chi connectivity index (χ0) is 12.0. The van der Waals surface area contributed by atoms with E-state index in [1.165, 1.54) is 18.9 Å². The molecule has 0 radical (unpaired) electrons. The lowest BCUT2D eigenvalue weighted by Gasteiger charge is -2.07. The average Bonchev–Trinajstić information content (AvgIpc) is 2.35. The van der Waals surface area contributed by atoms with Crippen molar-refractivity contribution >= 4 is 29.4 Å². The van der Waals surface area contributed by atoms with Crippen LogP contribution in [0.4, 0.5) is 11.6 Å². The highest BCUT2D eigenvalue weighted by atomic mass is 32.2. The number of hydrogen-bond acceptors (Lipinski definition) is 8. The SMILES string of the molecule is COC(=O)CNc1cc(NN)nc(SC)n1. The number of hydrogen-bond donors (Lipinski definition) is 3. The molecule has 0 amide bonds. The molecule has 0 aliphatic heterocycles. The van der Waals surface area contributed by atoms with Crippen LogP contribution in [0.25, 0.3) is 0 Å². The number of anilines is 2. The molecule has 4 N–H and O–H groups in total. The third kappa shape index (κ3) is 3.55. The summed E-state index contributed by atoms with van der Waals surface area (Å²) in [5, 5.41) is 3.37. The Morgan fingerprint density at radius 2 is 2.25 bits per heavy atom. The van der Waals surface area contributed by atoms with Crippen molar-refractivity contribution in [3.63, 3.8) is 0 Å². The summed E-state index contributed by atoms with van der Waals surface area (Å²) in [4.78, 5) is 19.1. The molecule has 1 aromatic rings. The summed E-state index contributed by atoms with van der Waals surface area (Å²) in [6.45, 7) is 0.0470. The third-order valence-electron chi connectivity index (χ3n) is 1.68. The Morgan fingerprint density at radius 1 is 1.56 bits per heavy atom. The molecule has 0 saturated heterocycles. The largest absolute Gasteiger partial charge is 0.468 e. The van der Waals surface area contributed by atoms with Gasteiger partial charge in [0.05, 0.1) is 7.11 Å². The number of carbonyl (C=O) groups is 1. The summed E-state index contributed by atoms with van der Waals surface area (Å²) < 4.78 is 4.49. The Bertz CT molecular complexity index is 351. The number of hydrazine groups is 1. The van der Waals surface area contributed by atoms with Crippen molar-refractivity contribution in [2.24, 2.45) is 5.84 Å². The summed E-state index contributed by atoms with van der Waals surface area (Å²) in [6.07, 6.45) is 1.85. The molecule has 0 saturated carbocycles. The van der Waals surface area contributed by atoms with Crippen LogP contribution in [0.5, 0.6) is 0 Å². The molecule has 0 aliphatic rings. The summed E-state index contributed by atoms with van der Waals surface area (Å²) >= 11 is 1.38. The highest BCUT2D eigenvalue weighted by molar-refractivity contribution is 7.98. The fourth-order valence-electron chi connectivity index (χ4n) is 0.916. The van der Waals surface area contributed by atoms with E-state index in [1.54, 1.807) is 6.07 Å². The summed E-state index contributed by atoms with van der Waals surface area (Å²) in [6, 6.07) is 1.60. The number of carbonyl (C=O) groups excluding carboxylic acids is 1. The smallest absolute Gasteiger partial charge is 0.325 e. The predicted molar refractivity (Wildman–Crippen MR) is 62.1 cm³/mol. The van der Waals surface area contributed by atoms with E-state index in [-0.39, 0.29) is 12.5 Å². The number of ether oxygens (including phenoxy) is 1. The molecule has 0 aliphatic carbocycles. The van der Waals surface area contributed by atoms with Crippen molar-refractivity contribution in [1.29, 1.82) is 0 Å². The van der Waals surface area contributed by atoms with E-state index in [2.05, 4.69) is 25.4 Å². The Balaban J connectivity index is 2.74. The standard InChI is InChI=1S/C8H13N5O2S/c1-15-7(14)4-10-5-3-6(13-9)12-8(11-5)16-2/h3H,4,9H2,1-2H3,(H2,10,11,12,13). The maximum atomic E-state index is 10.9. The van der Waals surface area contributed by atoms with Gasteiger partial charge in [-0.25, -0.2) is 15.8 Å². The topological polar surface area (TPSA) is 102 Å². The third-order valence-corrected chi connectivity index (χ3v) is 2.23. The first-order valence-corrected chi connectivity index (χ1v) is 5.62. The van der Waals surface area contributed by atoms with Crippen molar-refractivity contribution in [3.05, 3.63) is 6.07 Å². The van der Waals surface area contributed by atoms with Gasteiger partial charge in [-0.1, -0.05) is 11.8 Å². The van der Waals surface area contributed by atoms with Crippen LogP contribution < -0.4 is 16.6 Å². The summed E-state index contributed by atoms with van der Waals surface area (Å²) in [5.41, 5.74) is 2.42. The number of nitrogens with zero attached hydrogens (tertiary/aromatic N) is 2. The zero-order valence-electron chi connectivity index (χ0n) is 8.98. The molecule has 8 heteroatoms. The normalized spacial score (nSPS) is 9.69. The monoisotopic (exact) mass is 243 g/mol. The van der Waals surface area contributed by atoms with E-state index in [0.29, 0.717) is 16.8 Å². The van der Waals surface area contributed by atoms with Gasteiger partial charge in [-0.3, -0.25) is 4.79 Å². The maximum absolute atomic E-state index is 10.9. The van der Waals surface area contributed by atoms with Crippen molar-refractivity contribution in [1.82, 2.24) is 9.97 Å². The number of methoxy groups -OCH3 is 1. The van der Waals surface area contributed by atoms with Crippen LogP contribution in [0.1, 0.15) is 0 Å². The minimum absolute atomic E-state index is 0.0470. The van der Waals surface area contributed by atoms with Gasteiger partial charge in [0.2, 0.25) is 0 Å². The Labute approximate surface area is 97.1 Å². The van der Waals surface area contributed by atoms with Gasteiger partial charge in [0.25, 0.3) is 0 Å². The number of nitrogens with one attached hydrogen (secondary N) is 2. The lowest BCUT2D eigenvalue weighted by Crippen LogP contribution is -2.17. The molecule has 1 aromatic heterocycles. The van der Waals surface area contributed by atoms with E-state index >= 15 is 0 Å². The second-order valence-corrected chi connectivity index (χ2v) is 3.47. The van der Waals surface area contributed by atoms with Gasteiger partial charge in [-0.15, -0.1) is 0 Å². The fraction of sp³-hybridized carbons (Fsp3) is 0.375. The van der Waals surface area contributed by atoms with Crippen LogP contribution in [-0.2, 0) is 9.53 Å². The highest BCUT2D eigenvalue weighted by Gasteiger charge is 2.05. The van der Waals surface area contributed by atoms with E-state index in [4.69, 9.17) is 5.84 Å². The molecule has 0 aromatic carbocycles. The fourth-order valence-corrected chi connectivity index (χ4v) is 1.30. The van der Waals surface area contributed by atoms with Gasteiger partial charge in [0.1, 0.15) is 18.2 Å². The molecule has 0 atom stereocenters. The van der Waals surface area contributed by atoms with Crippen LogP contribution >= 0.6 is 11.8 Å². The van der Waals surface area contributed by atoms with E-state index in [0.717, 1.165) is 0 Å². The van der Waals surface area contributed by atoms with Gasteiger partial charge < -0.3 is 15.5 Å². The van der Waals surface area contributed by atoms with Crippen LogP contribution in [-0.4, -0.2) is 35.8 Å². The molecule has 0 unspecified atom stereocenters. The van der Waals surface area contributed by atoms with Gasteiger partial charge in [0, 0.05) is 6.07 Å². The summed E-state index contributed by atoms with van der Waals surface area (Å²) in [7, 11) is 1.32. The maximum Gasteiger partial charge on any atom is 0.325 e. The van der Waals surface area contributed by atoms with E-state index in [1.807, 2.05) is 6.26 Å². The average molecular weight is 243 g/mol. The van der Waals surface area contributed by atoms with Crippen LogP contribution in [0.3, 0.4) is 0 Å². The molecule has 0 spiro atoms. The highest BCUT2D eigenvalue weighted by Crippen LogP contribution is 2.16. The minimum Gasteiger partial charge on any atom is -0.468 e. The molecule has 7 nitrogen and oxygen atoms in total. The van der Waals surface area contributed by atoms with Crippen LogP contribution in [0.15, 0.2) is 11.2 Å². The second-order valence-electron chi connectivity index (χ2n) is 2.70. The van der Waals surface area contributed by atoms with Gasteiger partial charge in [-0.05, 0) is 6.26 Å². The molecule has 1 heterocycles. The molecule has 0 bridgehead atoms. The Hall–Kier alpha value is -1.54. The Morgan fingerprint density at radius 3 is 2.81 bits per heavy atom. The predicted octanol–water partition coefficient (Wildman–Crippen LogP) is 0.0690. The second kappa shape index (κ2) is 6.13. The van der Waals surface area contributed by atoms with Crippen molar-refractivity contribution in [2.75, 3.05) is 30.7 Å². The van der Waals surface area contributed by atoms with Gasteiger partial charge in [0.15, 0.2) is 5.16 Å². The van der Waals surface area contributed by atoms with Crippen molar-refractivity contribution in [2.45, 2.75) is 5.16 Å². The minimum atomic E-state index is -0.369. The van der Waals surface area contributed by atoms with E-state index in [9.17, 15) is 4.79 Å². The molecule has 88 valence electrons. The van der Waals surface area contributed by atoms with Crippen LogP contribution in [0.2, 0.25) is 0 Å². The quantitative estimate of drug-likeness (QED) is 0.219. The van der Waals surface area contributed by atoms with Crippen LogP contribution in [0, 0.1) is 0 Å². The molecular weight excluding hydrogens is 230 g/mol. The summed E-state index contributed by atoms with van der Waals surface area (Å²) in [5.74, 6) is 5.88. The van der Waals surface area contributed by atoms with Crippen molar-refractivity contribution < 1.29 is 9.53 Å². The van der Waals surface area contributed by atoms with E-state index < -0.39 is 0 Å². The molecule has 16 heavy (non-hydrogen) atoms. The van der Waals surface area contributed by atoms with Gasteiger partial charge in [-0.2, -0.15) is 0 Å². The number of thioether (sulfide) groups is 1.